The Balaban J connectivity index is 1.92. The summed E-state index contributed by atoms with van der Waals surface area (Å²) in [6.07, 6.45) is 4.04. The lowest BCUT2D eigenvalue weighted by atomic mass is 10.1. The molecule has 2 atom stereocenters. The van der Waals surface area contributed by atoms with E-state index in [-0.39, 0.29) is 6.04 Å². The topological polar surface area (TPSA) is 72.2 Å². The number of nitrogens with zero attached hydrogens (tertiary/aromatic N) is 4. The zero-order chi connectivity index (χ0) is 16.2. The number of hydrogen-bond donors (Lipinski definition) is 1. The summed E-state index contributed by atoms with van der Waals surface area (Å²) >= 11 is 0. The van der Waals surface area contributed by atoms with E-state index in [9.17, 15) is 4.21 Å². The predicted octanol–water partition coefficient (Wildman–Crippen LogP) is 2.36. The monoisotopic (exact) mass is 329 g/mol. The SMILES string of the molecule is C[C@@H](CC[S@@](C)=O)Nc1cc(-c2ccccc2)nc2ncnn12. The third-order valence-electron chi connectivity index (χ3n) is 3.55. The van der Waals surface area contributed by atoms with E-state index in [4.69, 9.17) is 0 Å². The number of aromatic nitrogens is 4. The van der Waals surface area contributed by atoms with Gasteiger partial charge in [-0.3, -0.25) is 4.21 Å². The molecule has 23 heavy (non-hydrogen) atoms. The summed E-state index contributed by atoms with van der Waals surface area (Å²) in [5.74, 6) is 2.06. The number of nitrogens with one attached hydrogen (secondary N) is 1. The summed E-state index contributed by atoms with van der Waals surface area (Å²) in [5.41, 5.74) is 1.88. The molecule has 0 radical (unpaired) electrons. The fraction of sp³-hybridized carbons (Fsp3) is 0.312. The molecule has 0 unspecified atom stereocenters. The molecule has 0 amide bonds. The molecule has 0 aliphatic carbocycles. The van der Waals surface area contributed by atoms with Crippen molar-refractivity contribution in [2.24, 2.45) is 0 Å². The van der Waals surface area contributed by atoms with Crippen LogP contribution in [0.4, 0.5) is 5.82 Å². The molecule has 2 aromatic heterocycles. The van der Waals surface area contributed by atoms with Crippen LogP contribution in [0, 0.1) is 0 Å². The molecule has 6 nitrogen and oxygen atoms in total. The van der Waals surface area contributed by atoms with Crippen molar-refractivity contribution < 1.29 is 4.21 Å². The molecule has 3 rings (SSSR count). The zero-order valence-corrected chi connectivity index (χ0v) is 14.0. The Labute approximate surface area is 137 Å². The van der Waals surface area contributed by atoms with Crippen LogP contribution >= 0.6 is 0 Å². The Hall–Kier alpha value is -2.28. The molecule has 7 heteroatoms. The Morgan fingerprint density at radius 3 is 2.83 bits per heavy atom. The van der Waals surface area contributed by atoms with Gasteiger partial charge in [0.05, 0.1) is 5.69 Å². The smallest absolute Gasteiger partial charge is 0.254 e. The van der Waals surface area contributed by atoms with Crippen molar-refractivity contribution >= 4 is 22.4 Å². The Morgan fingerprint density at radius 2 is 2.09 bits per heavy atom. The fourth-order valence-electron chi connectivity index (χ4n) is 2.34. The summed E-state index contributed by atoms with van der Waals surface area (Å²) in [7, 11) is -0.785. The average molecular weight is 329 g/mol. The number of benzene rings is 1. The van der Waals surface area contributed by atoms with Crippen molar-refractivity contribution in [1.29, 1.82) is 0 Å². The maximum absolute atomic E-state index is 11.3. The van der Waals surface area contributed by atoms with Crippen molar-refractivity contribution in [2.45, 2.75) is 19.4 Å². The van der Waals surface area contributed by atoms with Crippen LogP contribution in [0.15, 0.2) is 42.7 Å². The van der Waals surface area contributed by atoms with Gasteiger partial charge in [-0.25, -0.2) is 4.98 Å². The van der Waals surface area contributed by atoms with Gasteiger partial charge < -0.3 is 5.32 Å². The highest BCUT2D eigenvalue weighted by Gasteiger charge is 2.11. The standard InChI is InChI=1S/C16H19N5OS/c1-12(8-9-23(2)22)19-15-10-14(13-6-4-3-5-7-13)20-16-17-11-18-21(15)16/h3-7,10-12,19H,8-9H2,1-2H3/t12-,23+/m0/s1. The van der Waals surface area contributed by atoms with Gasteiger partial charge in [0.1, 0.15) is 12.1 Å². The summed E-state index contributed by atoms with van der Waals surface area (Å²) < 4.78 is 12.9. The third kappa shape index (κ3) is 3.73. The molecular formula is C16H19N5OS. The van der Waals surface area contributed by atoms with Gasteiger partial charge in [0.2, 0.25) is 0 Å². The maximum Gasteiger partial charge on any atom is 0.254 e. The molecule has 2 heterocycles. The minimum Gasteiger partial charge on any atom is -0.367 e. The van der Waals surface area contributed by atoms with Gasteiger partial charge in [-0.2, -0.15) is 14.6 Å². The fourth-order valence-corrected chi connectivity index (χ4v) is 3.02. The predicted molar refractivity (Wildman–Crippen MR) is 92.9 cm³/mol. The van der Waals surface area contributed by atoms with E-state index >= 15 is 0 Å². The zero-order valence-electron chi connectivity index (χ0n) is 13.1. The van der Waals surface area contributed by atoms with E-state index in [1.807, 2.05) is 36.4 Å². The first-order valence-corrected chi connectivity index (χ1v) is 9.19. The number of fused-ring (bicyclic) bond motifs is 1. The van der Waals surface area contributed by atoms with Crippen molar-refractivity contribution in [2.75, 3.05) is 17.3 Å². The Morgan fingerprint density at radius 1 is 1.30 bits per heavy atom. The molecule has 0 saturated carbocycles. The second-order valence-corrected chi connectivity index (χ2v) is 7.03. The van der Waals surface area contributed by atoms with Gasteiger partial charge in [-0.05, 0) is 13.3 Å². The van der Waals surface area contributed by atoms with Gasteiger partial charge in [0.25, 0.3) is 5.78 Å². The minimum atomic E-state index is -0.785. The molecule has 120 valence electrons. The van der Waals surface area contributed by atoms with Gasteiger partial charge in [0.15, 0.2) is 0 Å². The molecule has 3 aromatic rings. The molecular weight excluding hydrogens is 310 g/mol. The Kier molecular flexibility index (Phi) is 4.66. The van der Waals surface area contributed by atoms with Gasteiger partial charge in [-0.1, -0.05) is 30.3 Å². The second-order valence-electron chi connectivity index (χ2n) is 5.48. The largest absolute Gasteiger partial charge is 0.367 e. The quantitative estimate of drug-likeness (QED) is 0.751. The van der Waals surface area contributed by atoms with E-state index in [1.54, 1.807) is 10.8 Å². The van der Waals surface area contributed by atoms with Gasteiger partial charge >= 0.3 is 0 Å². The van der Waals surface area contributed by atoms with Crippen LogP contribution in [-0.4, -0.2) is 41.8 Å². The highest BCUT2D eigenvalue weighted by atomic mass is 32.2. The van der Waals surface area contributed by atoms with Crippen LogP contribution in [0.3, 0.4) is 0 Å². The molecule has 0 saturated heterocycles. The molecule has 0 bridgehead atoms. The molecule has 1 N–H and O–H groups in total. The number of rotatable bonds is 6. The minimum absolute atomic E-state index is 0.178. The van der Waals surface area contributed by atoms with Gasteiger partial charge in [0, 0.05) is 40.5 Å². The van der Waals surface area contributed by atoms with Crippen LogP contribution in [0.5, 0.6) is 0 Å². The maximum atomic E-state index is 11.3. The van der Waals surface area contributed by atoms with Crippen molar-refractivity contribution in [3.8, 4) is 11.3 Å². The first-order valence-electron chi connectivity index (χ1n) is 7.46. The van der Waals surface area contributed by atoms with E-state index in [0.717, 1.165) is 23.5 Å². The molecule has 0 aliphatic rings. The second kappa shape index (κ2) is 6.87. The first kappa shape index (κ1) is 15.6. The highest BCUT2D eigenvalue weighted by Crippen LogP contribution is 2.21. The molecule has 0 fully saturated rings. The first-order chi connectivity index (χ1) is 11.1. The van der Waals surface area contributed by atoms with Crippen LogP contribution in [0.25, 0.3) is 17.0 Å². The van der Waals surface area contributed by atoms with Crippen LogP contribution < -0.4 is 5.32 Å². The summed E-state index contributed by atoms with van der Waals surface area (Å²) in [5, 5.41) is 7.64. The van der Waals surface area contributed by atoms with E-state index in [2.05, 4.69) is 27.3 Å². The van der Waals surface area contributed by atoms with E-state index in [0.29, 0.717) is 11.5 Å². The lowest BCUT2D eigenvalue weighted by Gasteiger charge is -2.16. The summed E-state index contributed by atoms with van der Waals surface area (Å²) in [6, 6.07) is 12.1. The average Bonchev–Trinajstić information content (AvgIpc) is 3.02. The summed E-state index contributed by atoms with van der Waals surface area (Å²) in [6.45, 7) is 2.07. The Bertz CT molecular complexity index is 818. The lowest BCUT2D eigenvalue weighted by Crippen LogP contribution is -2.20. The van der Waals surface area contributed by atoms with Crippen molar-refractivity contribution in [3.63, 3.8) is 0 Å². The van der Waals surface area contributed by atoms with Crippen molar-refractivity contribution in [3.05, 3.63) is 42.7 Å². The van der Waals surface area contributed by atoms with Gasteiger partial charge in [-0.15, -0.1) is 0 Å². The normalized spacial score (nSPS) is 13.8. The van der Waals surface area contributed by atoms with Crippen molar-refractivity contribution in [1.82, 2.24) is 19.6 Å². The van der Waals surface area contributed by atoms with Crippen LogP contribution in [0.1, 0.15) is 13.3 Å². The molecule has 0 aliphatic heterocycles. The number of hydrogen-bond acceptors (Lipinski definition) is 5. The van der Waals surface area contributed by atoms with Crippen LogP contribution in [-0.2, 0) is 10.8 Å². The lowest BCUT2D eigenvalue weighted by molar-refractivity contribution is 0.677. The third-order valence-corrected chi connectivity index (χ3v) is 4.36. The molecule has 1 aromatic carbocycles. The highest BCUT2D eigenvalue weighted by molar-refractivity contribution is 7.84. The van der Waals surface area contributed by atoms with E-state index < -0.39 is 10.8 Å². The van der Waals surface area contributed by atoms with E-state index in [1.165, 1.54) is 6.33 Å². The number of anilines is 1. The molecule has 0 spiro atoms. The summed E-state index contributed by atoms with van der Waals surface area (Å²) in [4.78, 5) is 8.75. The van der Waals surface area contributed by atoms with Crippen LogP contribution in [0.2, 0.25) is 0 Å².